The molecule has 1 aliphatic carbocycles. The molecule has 1 heterocycles. The minimum Gasteiger partial charge on any atom is -0.340 e. The molecular weight excluding hydrogens is 393 g/mol. The topological polar surface area (TPSA) is 68.0 Å². The molecule has 0 spiro atoms. The molecule has 1 amide bonds. The van der Waals surface area contributed by atoms with Crippen LogP contribution in [-0.4, -0.2) is 16.0 Å². The third-order valence-corrected chi connectivity index (χ3v) is 4.38. The lowest BCUT2D eigenvalue weighted by molar-refractivity contribution is 0.0914. The molecule has 1 saturated carbocycles. The predicted octanol–water partition coefficient (Wildman–Crippen LogP) is 3.68. The number of halogens is 1. The van der Waals surface area contributed by atoms with Crippen molar-refractivity contribution in [1.29, 1.82) is 0 Å². The number of carbonyl (C=O) groups excluding carboxylic acids is 1. The Hall–Kier alpha value is -1.44. The van der Waals surface area contributed by atoms with Gasteiger partial charge < -0.3 is 9.84 Å². The van der Waals surface area contributed by atoms with Crippen LogP contribution in [0.15, 0.2) is 28.8 Å². The van der Waals surface area contributed by atoms with Crippen molar-refractivity contribution in [1.82, 2.24) is 15.5 Å². The molecule has 1 atom stereocenters. The van der Waals surface area contributed by atoms with Gasteiger partial charge in [-0.25, -0.2) is 0 Å². The van der Waals surface area contributed by atoms with Crippen LogP contribution in [0.25, 0.3) is 0 Å². The number of nitrogens with zero attached hydrogens (tertiary/aromatic N) is 2. The van der Waals surface area contributed by atoms with E-state index in [1.165, 1.54) is 0 Å². The summed E-state index contributed by atoms with van der Waals surface area (Å²) in [6.07, 6.45) is 2.25. The first-order valence-electron chi connectivity index (χ1n) is 7.44. The summed E-state index contributed by atoms with van der Waals surface area (Å²) in [5.41, 5.74) is 0.638. The quantitative estimate of drug-likeness (QED) is 0.763. The Morgan fingerprint density at radius 3 is 2.82 bits per heavy atom. The van der Waals surface area contributed by atoms with E-state index in [2.05, 4.69) is 38.0 Å². The van der Waals surface area contributed by atoms with Crippen molar-refractivity contribution < 1.29 is 9.32 Å². The summed E-state index contributed by atoms with van der Waals surface area (Å²) in [6.45, 7) is 4.06. The zero-order chi connectivity index (χ0) is 15.7. The van der Waals surface area contributed by atoms with Crippen LogP contribution in [0.1, 0.15) is 60.7 Å². The Kier molecular flexibility index (Phi) is 4.46. The maximum Gasteiger partial charge on any atom is 0.251 e. The minimum atomic E-state index is -0.273. The Balaban J connectivity index is 1.77. The summed E-state index contributed by atoms with van der Waals surface area (Å²) in [5, 5.41) is 7.05. The highest BCUT2D eigenvalue weighted by Gasteiger charge is 2.31. The molecule has 1 fully saturated rings. The Morgan fingerprint density at radius 2 is 2.18 bits per heavy atom. The predicted molar refractivity (Wildman–Crippen MR) is 90.5 cm³/mol. The van der Waals surface area contributed by atoms with Gasteiger partial charge in [-0.15, -0.1) is 0 Å². The van der Waals surface area contributed by atoms with Crippen molar-refractivity contribution in [2.75, 3.05) is 0 Å². The molecule has 5 nitrogen and oxygen atoms in total. The molecule has 6 heteroatoms. The number of hydrogen-bond donors (Lipinski definition) is 1. The van der Waals surface area contributed by atoms with Crippen LogP contribution in [0.2, 0.25) is 0 Å². The van der Waals surface area contributed by atoms with E-state index in [4.69, 9.17) is 4.52 Å². The fraction of sp³-hybridized carbons (Fsp3) is 0.438. The van der Waals surface area contributed by atoms with Gasteiger partial charge in [-0.2, -0.15) is 4.98 Å². The number of aromatic nitrogens is 2. The second-order valence-corrected chi connectivity index (χ2v) is 7.22. The van der Waals surface area contributed by atoms with E-state index >= 15 is 0 Å². The van der Waals surface area contributed by atoms with Crippen LogP contribution in [-0.2, 0) is 0 Å². The SMILES string of the molecule is CC(C)C(NC(=O)c1cccc(I)c1)c1nc(C2CC2)no1. The van der Waals surface area contributed by atoms with E-state index in [0.717, 1.165) is 22.2 Å². The highest BCUT2D eigenvalue weighted by atomic mass is 127. The average Bonchev–Trinajstić information content (AvgIpc) is 3.22. The summed E-state index contributed by atoms with van der Waals surface area (Å²) in [5.74, 6) is 1.75. The molecule has 1 aliphatic rings. The standard InChI is InChI=1S/C16H18IN3O2/c1-9(2)13(16-19-14(20-22-16)10-6-7-10)18-15(21)11-4-3-5-12(17)8-11/h3-5,8-10,13H,6-7H2,1-2H3,(H,18,21). The van der Waals surface area contributed by atoms with E-state index < -0.39 is 0 Å². The second-order valence-electron chi connectivity index (χ2n) is 5.97. The number of benzene rings is 1. The molecule has 1 aromatic carbocycles. The molecule has 1 unspecified atom stereocenters. The van der Waals surface area contributed by atoms with E-state index in [-0.39, 0.29) is 17.9 Å². The fourth-order valence-electron chi connectivity index (χ4n) is 2.25. The molecule has 0 bridgehead atoms. The fourth-order valence-corrected chi connectivity index (χ4v) is 2.79. The zero-order valence-electron chi connectivity index (χ0n) is 12.5. The minimum absolute atomic E-state index is 0.122. The summed E-state index contributed by atoms with van der Waals surface area (Å²) in [7, 11) is 0. The molecule has 2 aromatic rings. The Labute approximate surface area is 143 Å². The van der Waals surface area contributed by atoms with Crippen LogP contribution in [0.5, 0.6) is 0 Å². The van der Waals surface area contributed by atoms with Gasteiger partial charge in [-0.1, -0.05) is 25.1 Å². The molecule has 22 heavy (non-hydrogen) atoms. The highest BCUT2D eigenvalue weighted by molar-refractivity contribution is 14.1. The third-order valence-electron chi connectivity index (χ3n) is 3.71. The first kappa shape index (κ1) is 15.5. The van der Waals surface area contributed by atoms with Crippen molar-refractivity contribution >= 4 is 28.5 Å². The van der Waals surface area contributed by atoms with Gasteiger partial charge in [0.1, 0.15) is 6.04 Å². The van der Waals surface area contributed by atoms with E-state index in [0.29, 0.717) is 17.4 Å². The van der Waals surface area contributed by atoms with Crippen LogP contribution >= 0.6 is 22.6 Å². The summed E-state index contributed by atoms with van der Waals surface area (Å²) < 4.78 is 6.40. The van der Waals surface area contributed by atoms with Crippen molar-refractivity contribution in [3.8, 4) is 0 Å². The maximum absolute atomic E-state index is 12.4. The zero-order valence-corrected chi connectivity index (χ0v) is 14.7. The molecule has 116 valence electrons. The van der Waals surface area contributed by atoms with E-state index in [1.807, 2.05) is 32.0 Å². The van der Waals surface area contributed by atoms with Crippen LogP contribution < -0.4 is 5.32 Å². The lowest BCUT2D eigenvalue weighted by Gasteiger charge is -2.18. The van der Waals surface area contributed by atoms with E-state index in [9.17, 15) is 4.79 Å². The molecule has 0 radical (unpaired) electrons. The normalized spacial score (nSPS) is 15.8. The van der Waals surface area contributed by atoms with Crippen LogP contribution in [0, 0.1) is 9.49 Å². The average molecular weight is 411 g/mol. The first-order chi connectivity index (χ1) is 10.5. The van der Waals surface area contributed by atoms with Gasteiger partial charge >= 0.3 is 0 Å². The van der Waals surface area contributed by atoms with Gasteiger partial charge in [0.15, 0.2) is 5.82 Å². The number of nitrogens with one attached hydrogen (secondary N) is 1. The number of carbonyl (C=O) groups is 1. The van der Waals surface area contributed by atoms with Crippen molar-refractivity contribution in [3.05, 3.63) is 45.1 Å². The van der Waals surface area contributed by atoms with Gasteiger partial charge in [0.2, 0.25) is 5.89 Å². The monoisotopic (exact) mass is 411 g/mol. The number of hydrogen-bond acceptors (Lipinski definition) is 4. The lowest BCUT2D eigenvalue weighted by atomic mass is 10.0. The molecule has 1 N–H and O–H groups in total. The van der Waals surface area contributed by atoms with Crippen molar-refractivity contribution in [2.24, 2.45) is 5.92 Å². The van der Waals surface area contributed by atoms with Gasteiger partial charge in [-0.05, 0) is 59.5 Å². The Morgan fingerprint density at radius 1 is 1.41 bits per heavy atom. The van der Waals surface area contributed by atoms with Crippen molar-refractivity contribution in [2.45, 2.75) is 38.6 Å². The van der Waals surface area contributed by atoms with Crippen molar-refractivity contribution in [3.63, 3.8) is 0 Å². The highest BCUT2D eigenvalue weighted by Crippen LogP contribution is 2.38. The number of amides is 1. The van der Waals surface area contributed by atoms with Gasteiger partial charge in [0.05, 0.1) is 0 Å². The van der Waals surface area contributed by atoms with Gasteiger partial charge in [0, 0.05) is 15.1 Å². The maximum atomic E-state index is 12.4. The third kappa shape index (κ3) is 3.48. The summed E-state index contributed by atoms with van der Waals surface area (Å²) >= 11 is 2.19. The smallest absolute Gasteiger partial charge is 0.251 e. The van der Waals surface area contributed by atoms with Crippen LogP contribution in [0.3, 0.4) is 0 Å². The second kappa shape index (κ2) is 6.36. The first-order valence-corrected chi connectivity index (χ1v) is 8.52. The molecule has 0 aliphatic heterocycles. The molecule has 1 aromatic heterocycles. The molecule has 0 saturated heterocycles. The summed E-state index contributed by atoms with van der Waals surface area (Å²) in [4.78, 5) is 16.9. The number of rotatable bonds is 5. The largest absolute Gasteiger partial charge is 0.340 e. The lowest BCUT2D eigenvalue weighted by Crippen LogP contribution is -2.32. The van der Waals surface area contributed by atoms with Gasteiger partial charge in [-0.3, -0.25) is 4.79 Å². The summed E-state index contributed by atoms with van der Waals surface area (Å²) in [6, 6.07) is 7.22. The van der Waals surface area contributed by atoms with E-state index in [1.54, 1.807) is 6.07 Å². The molecular formula is C16H18IN3O2. The Bertz CT molecular complexity index is 680. The molecule has 3 rings (SSSR count). The van der Waals surface area contributed by atoms with Crippen LogP contribution in [0.4, 0.5) is 0 Å². The van der Waals surface area contributed by atoms with Gasteiger partial charge in [0.25, 0.3) is 5.91 Å².